The molecule has 0 spiro atoms. The van der Waals surface area contributed by atoms with Gasteiger partial charge >= 0.3 is 0 Å². The molecule has 0 aromatic carbocycles. The van der Waals surface area contributed by atoms with Crippen molar-refractivity contribution in [3.05, 3.63) is 59.7 Å². The summed E-state index contributed by atoms with van der Waals surface area (Å²) in [7, 11) is 0. The Labute approximate surface area is 124 Å². The topological polar surface area (TPSA) is 67.2 Å². The number of pyridine rings is 2. The van der Waals surface area contributed by atoms with E-state index in [-0.39, 0.29) is 5.91 Å². The van der Waals surface area contributed by atoms with Crippen LogP contribution in [-0.2, 0) is 6.42 Å². The van der Waals surface area contributed by atoms with E-state index in [0.29, 0.717) is 5.69 Å². The van der Waals surface area contributed by atoms with Crippen LogP contribution in [0.2, 0.25) is 0 Å². The predicted molar refractivity (Wildman–Crippen MR) is 82.1 cm³/mol. The number of hydrazone groups is 1. The summed E-state index contributed by atoms with van der Waals surface area (Å²) in [5, 5.41) is 3.90. The number of unbranched alkanes of at least 4 members (excludes halogenated alkanes) is 1. The molecule has 1 amide bonds. The van der Waals surface area contributed by atoms with Gasteiger partial charge in [0.25, 0.3) is 5.91 Å². The largest absolute Gasteiger partial charge is 0.289 e. The average Bonchev–Trinajstić information content (AvgIpc) is 2.54. The molecule has 5 nitrogen and oxygen atoms in total. The smallest absolute Gasteiger partial charge is 0.266 e. The van der Waals surface area contributed by atoms with Crippen molar-refractivity contribution in [2.24, 2.45) is 5.10 Å². The number of nitrogens with zero attached hydrogens (tertiary/aromatic N) is 3. The van der Waals surface area contributed by atoms with Crippen LogP contribution in [0.1, 0.15) is 41.4 Å². The lowest BCUT2D eigenvalue weighted by molar-refractivity contribution is 0.0950. The first-order valence-electron chi connectivity index (χ1n) is 6.98. The van der Waals surface area contributed by atoms with Gasteiger partial charge in [0.1, 0.15) is 5.69 Å². The monoisotopic (exact) mass is 282 g/mol. The minimum absolute atomic E-state index is 0.317. The standard InChI is InChI=1S/C16H18N4O/c1-2-3-4-13-5-6-15(18-11-13)16(21)20-19-12-14-7-9-17-10-8-14/h5-12H,2-4H2,1H3,(H,20,21). The van der Waals surface area contributed by atoms with E-state index in [1.54, 1.807) is 43.0 Å². The third-order valence-corrected chi connectivity index (χ3v) is 2.96. The molecule has 0 fully saturated rings. The molecule has 0 aliphatic heterocycles. The van der Waals surface area contributed by atoms with Crippen molar-refractivity contribution in [2.75, 3.05) is 0 Å². The molecule has 0 saturated carbocycles. The molecule has 0 atom stereocenters. The Hall–Kier alpha value is -2.56. The molecule has 0 unspecified atom stereocenters. The molecule has 5 heteroatoms. The zero-order valence-corrected chi connectivity index (χ0v) is 12.0. The van der Waals surface area contributed by atoms with Crippen LogP contribution in [0.3, 0.4) is 0 Å². The number of carbonyl (C=O) groups is 1. The van der Waals surface area contributed by atoms with Gasteiger partial charge in [0.2, 0.25) is 0 Å². The summed E-state index contributed by atoms with van der Waals surface area (Å²) in [5.74, 6) is -0.317. The number of carbonyl (C=O) groups excluding carboxylic acids is 1. The first kappa shape index (κ1) is 14.8. The van der Waals surface area contributed by atoms with Gasteiger partial charge in [-0.25, -0.2) is 5.43 Å². The van der Waals surface area contributed by atoms with E-state index in [0.717, 1.165) is 30.4 Å². The molecule has 0 radical (unpaired) electrons. The summed E-state index contributed by atoms with van der Waals surface area (Å²) in [6, 6.07) is 7.26. The fraction of sp³-hybridized carbons (Fsp3) is 0.250. The normalized spacial score (nSPS) is 10.7. The fourth-order valence-corrected chi connectivity index (χ4v) is 1.76. The van der Waals surface area contributed by atoms with E-state index in [2.05, 4.69) is 27.4 Å². The van der Waals surface area contributed by atoms with E-state index in [9.17, 15) is 4.79 Å². The van der Waals surface area contributed by atoms with E-state index in [4.69, 9.17) is 0 Å². The van der Waals surface area contributed by atoms with E-state index < -0.39 is 0 Å². The Bertz CT molecular complexity index is 593. The van der Waals surface area contributed by atoms with Crippen molar-refractivity contribution in [1.29, 1.82) is 0 Å². The first-order valence-corrected chi connectivity index (χ1v) is 6.98. The van der Waals surface area contributed by atoms with Gasteiger partial charge in [0.15, 0.2) is 0 Å². The van der Waals surface area contributed by atoms with Gasteiger partial charge in [0.05, 0.1) is 6.21 Å². The fourth-order valence-electron chi connectivity index (χ4n) is 1.76. The number of nitrogens with one attached hydrogen (secondary N) is 1. The lowest BCUT2D eigenvalue weighted by Crippen LogP contribution is -2.19. The van der Waals surface area contributed by atoms with Crippen LogP contribution in [0.4, 0.5) is 0 Å². The highest BCUT2D eigenvalue weighted by molar-refractivity contribution is 5.93. The van der Waals surface area contributed by atoms with Gasteiger partial charge in [-0.2, -0.15) is 5.10 Å². The average molecular weight is 282 g/mol. The lowest BCUT2D eigenvalue weighted by Gasteiger charge is -2.02. The summed E-state index contributed by atoms with van der Waals surface area (Å²) in [6.07, 6.45) is 9.91. The number of aryl methyl sites for hydroxylation is 1. The third-order valence-electron chi connectivity index (χ3n) is 2.96. The molecule has 2 rings (SSSR count). The summed E-state index contributed by atoms with van der Waals surface area (Å²) < 4.78 is 0. The van der Waals surface area contributed by atoms with Gasteiger partial charge in [-0.05, 0) is 42.2 Å². The van der Waals surface area contributed by atoms with Crippen LogP contribution in [0.15, 0.2) is 48.0 Å². The number of amides is 1. The molecule has 2 aromatic rings. The van der Waals surface area contributed by atoms with E-state index in [1.165, 1.54) is 0 Å². The minimum atomic E-state index is -0.317. The molecule has 108 valence electrons. The second-order valence-corrected chi connectivity index (χ2v) is 4.63. The molecule has 21 heavy (non-hydrogen) atoms. The van der Waals surface area contributed by atoms with Crippen molar-refractivity contribution in [3.8, 4) is 0 Å². The summed E-state index contributed by atoms with van der Waals surface area (Å²) in [5.41, 5.74) is 4.84. The number of rotatable bonds is 6. The summed E-state index contributed by atoms with van der Waals surface area (Å²) in [4.78, 5) is 19.9. The molecule has 2 aromatic heterocycles. The quantitative estimate of drug-likeness (QED) is 0.654. The van der Waals surface area contributed by atoms with E-state index >= 15 is 0 Å². The van der Waals surface area contributed by atoms with Gasteiger partial charge < -0.3 is 0 Å². The third kappa shape index (κ3) is 4.80. The van der Waals surface area contributed by atoms with Crippen LogP contribution in [0, 0.1) is 0 Å². The van der Waals surface area contributed by atoms with Crippen molar-refractivity contribution in [3.63, 3.8) is 0 Å². The number of aromatic nitrogens is 2. The van der Waals surface area contributed by atoms with Crippen molar-refractivity contribution in [1.82, 2.24) is 15.4 Å². The SMILES string of the molecule is CCCCc1ccc(C(=O)NN=Cc2ccncc2)nc1. The maximum absolute atomic E-state index is 11.9. The number of hydrogen-bond donors (Lipinski definition) is 1. The molecule has 1 N–H and O–H groups in total. The summed E-state index contributed by atoms with van der Waals surface area (Å²) >= 11 is 0. The zero-order valence-electron chi connectivity index (χ0n) is 12.0. The van der Waals surface area contributed by atoms with Gasteiger partial charge in [-0.3, -0.25) is 14.8 Å². The molecular weight excluding hydrogens is 264 g/mol. The van der Waals surface area contributed by atoms with Crippen LogP contribution in [-0.4, -0.2) is 22.1 Å². The molecule has 0 aliphatic rings. The maximum Gasteiger partial charge on any atom is 0.289 e. The predicted octanol–water partition coefficient (Wildman–Crippen LogP) is 2.58. The molecule has 2 heterocycles. The highest BCUT2D eigenvalue weighted by Crippen LogP contribution is 2.05. The highest BCUT2D eigenvalue weighted by atomic mass is 16.2. The van der Waals surface area contributed by atoms with Crippen molar-refractivity contribution in [2.45, 2.75) is 26.2 Å². The maximum atomic E-state index is 11.9. The van der Waals surface area contributed by atoms with Gasteiger partial charge in [-0.1, -0.05) is 19.4 Å². The first-order chi connectivity index (χ1) is 10.3. The second kappa shape index (κ2) is 7.89. The van der Waals surface area contributed by atoms with E-state index in [1.807, 2.05) is 6.07 Å². The Morgan fingerprint density at radius 1 is 1.29 bits per heavy atom. The Morgan fingerprint density at radius 3 is 2.76 bits per heavy atom. The molecule has 0 bridgehead atoms. The highest BCUT2D eigenvalue weighted by Gasteiger charge is 2.05. The van der Waals surface area contributed by atoms with Crippen LogP contribution in [0.5, 0.6) is 0 Å². The van der Waals surface area contributed by atoms with Crippen molar-refractivity contribution < 1.29 is 4.79 Å². The van der Waals surface area contributed by atoms with Gasteiger partial charge in [-0.15, -0.1) is 0 Å². The van der Waals surface area contributed by atoms with Crippen LogP contribution in [0.25, 0.3) is 0 Å². The molecule has 0 saturated heterocycles. The number of hydrogen-bond acceptors (Lipinski definition) is 4. The minimum Gasteiger partial charge on any atom is -0.266 e. The molecule has 0 aliphatic carbocycles. The van der Waals surface area contributed by atoms with Crippen LogP contribution < -0.4 is 5.43 Å². The Morgan fingerprint density at radius 2 is 2.10 bits per heavy atom. The molecular formula is C16H18N4O. The van der Waals surface area contributed by atoms with Crippen LogP contribution >= 0.6 is 0 Å². The Kier molecular flexibility index (Phi) is 5.58. The van der Waals surface area contributed by atoms with Crippen molar-refractivity contribution >= 4 is 12.1 Å². The zero-order chi connectivity index (χ0) is 14.9. The van der Waals surface area contributed by atoms with Gasteiger partial charge in [0, 0.05) is 18.6 Å². The lowest BCUT2D eigenvalue weighted by atomic mass is 10.1. The Balaban J connectivity index is 1.90. The summed E-state index contributed by atoms with van der Waals surface area (Å²) in [6.45, 7) is 2.15. The second-order valence-electron chi connectivity index (χ2n) is 4.63.